The Labute approximate surface area is 127 Å². The number of hydrogen-bond donors (Lipinski definition) is 1. The molecule has 1 N–H and O–H groups in total. The molecule has 0 aliphatic heterocycles. The summed E-state index contributed by atoms with van der Waals surface area (Å²) in [4.78, 5) is 9.20. The molecule has 1 aliphatic carbocycles. The molecule has 1 saturated carbocycles. The van der Waals surface area contributed by atoms with E-state index < -0.39 is 0 Å². The third kappa shape index (κ3) is 4.84. The van der Waals surface area contributed by atoms with Gasteiger partial charge in [0.05, 0.1) is 12.2 Å². The fourth-order valence-electron chi connectivity index (χ4n) is 2.06. The molecule has 2 rings (SSSR count). The lowest BCUT2D eigenvalue weighted by molar-refractivity contribution is 0.0961. The Balaban J connectivity index is 1.93. The molecule has 0 atom stereocenters. The number of rotatable bonds is 10. The topological polar surface area (TPSA) is 56.3 Å². The molecular formula is C16H27N3O2. The minimum atomic E-state index is 0.520. The van der Waals surface area contributed by atoms with Crippen molar-refractivity contribution in [2.24, 2.45) is 0 Å². The molecule has 1 aromatic rings. The fourth-order valence-corrected chi connectivity index (χ4v) is 2.06. The smallest absolute Gasteiger partial charge is 0.221 e. The van der Waals surface area contributed by atoms with Crippen LogP contribution in [-0.4, -0.2) is 36.3 Å². The van der Waals surface area contributed by atoms with Crippen molar-refractivity contribution in [3.63, 3.8) is 0 Å². The summed E-state index contributed by atoms with van der Waals surface area (Å²) < 4.78 is 11.3. The summed E-state index contributed by atoms with van der Waals surface area (Å²) in [6.45, 7) is 9.03. The first-order chi connectivity index (χ1) is 10.3. The molecule has 5 nitrogen and oxygen atoms in total. The maximum atomic E-state index is 5.81. The van der Waals surface area contributed by atoms with Crippen LogP contribution in [0.3, 0.4) is 0 Å². The molecule has 1 heterocycles. The third-order valence-corrected chi connectivity index (χ3v) is 3.51. The van der Waals surface area contributed by atoms with Crippen LogP contribution < -0.4 is 10.1 Å². The van der Waals surface area contributed by atoms with Crippen LogP contribution in [0.15, 0.2) is 0 Å². The van der Waals surface area contributed by atoms with E-state index in [1.54, 1.807) is 0 Å². The van der Waals surface area contributed by atoms with Gasteiger partial charge in [-0.1, -0.05) is 13.3 Å². The zero-order valence-corrected chi connectivity index (χ0v) is 13.4. The van der Waals surface area contributed by atoms with Gasteiger partial charge in [0.15, 0.2) is 0 Å². The molecule has 21 heavy (non-hydrogen) atoms. The molecule has 0 saturated heterocycles. The van der Waals surface area contributed by atoms with E-state index >= 15 is 0 Å². The largest absolute Gasteiger partial charge is 0.475 e. The van der Waals surface area contributed by atoms with Gasteiger partial charge in [0, 0.05) is 19.1 Å². The fraction of sp³-hybridized carbons (Fsp3) is 0.750. The van der Waals surface area contributed by atoms with Crippen LogP contribution in [0.1, 0.15) is 56.8 Å². The van der Waals surface area contributed by atoms with E-state index in [1.807, 2.05) is 6.92 Å². The van der Waals surface area contributed by atoms with Gasteiger partial charge < -0.3 is 14.8 Å². The molecule has 5 heteroatoms. The molecule has 0 amide bonds. The van der Waals surface area contributed by atoms with E-state index in [4.69, 9.17) is 9.47 Å². The van der Waals surface area contributed by atoms with Crippen molar-refractivity contribution in [2.75, 3.05) is 31.7 Å². The van der Waals surface area contributed by atoms with E-state index in [9.17, 15) is 0 Å². The number of nitrogens with zero attached hydrogens (tertiary/aromatic N) is 2. The van der Waals surface area contributed by atoms with Gasteiger partial charge >= 0.3 is 0 Å². The Kier molecular flexibility index (Phi) is 6.23. The SMILES string of the molecule is CCCCOCCOc1nc(C2CC2)nc(NCC)c1C. The summed E-state index contributed by atoms with van der Waals surface area (Å²) in [6, 6.07) is 0. The molecule has 0 unspecified atom stereocenters. The first kappa shape index (κ1) is 16.0. The lowest BCUT2D eigenvalue weighted by atomic mass is 10.3. The van der Waals surface area contributed by atoms with Crippen LogP contribution in [0.25, 0.3) is 0 Å². The molecular weight excluding hydrogens is 266 g/mol. The summed E-state index contributed by atoms with van der Waals surface area (Å²) >= 11 is 0. The Morgan fingerprint density at radius 2 is 1.95 bits per heavy atom. The molecule has 0 radical (unpaired) electrons. The van der Waals surface area contributed by atoms with Gasteiger partial charge in [-0.3, -0.25) is 0 Å². The molecule has 1 aliphatic rings. The number of ether oxygens (including phenoxy) is 2. The second-order valence-corrected chi connectivity index (χ2v) is 5.48. The lowest BCUT2D eigenvalue weighted by Crippen LogP contribution is -2.12. The van der Waals surface area contributed by atoms with Crippen LogP contribution in [-0.2, 0) is 4.74 Å². The zero-order chi connectivity index (χ0) is 15.1. The second-order valence-electron chi connectivity index (χ2n) is 5.48. The molecule has 0 aromatic carbocycles. The highest BCUT2D eigenvalue weighted by molar-refractivity contribution is 5.49. The van der Waals surface area contributed by atoms with Crippen molar-refractivity contribution in [3.8, 4) is 5.88 Å². The average molecular weight is 293 g/mol. The number of anilines is 1. The van der Waals surface area contributed by atoms with Gasteiger partial charge in [-0.05, 0) is 33.1 Å². The predicted molar refractivity (Wildman–Crippen MR) is 84.1 cm³/mol. The number of aromatic nitrogens is 2. The van der Waals surface area contributed by atoms with Crippen molar-refractivity contribution >= 4 is 5.82 Å². The Morgan fingerprint density at radius 3 is 2.62 bits per heavy atom. The normalized spacial score (nSPS) is 14.2. The van der Waals surface area contributed by atoms with Gasteiger partial charge in [0.1, 0.15) is 18.2 Å². The number of hydrogen-bond acceptors (Lipinski definition) is 5. The van der Waals surface area contributed by atoms with Gasteiger partial charge in [-0.2, -0.15) is 4.98 Å². The van der Waals surface area contributed by atoms with Crippen LogP contribution in [0.4, 0.5) is 5.82 Å². The number of unbranched alkanes of at least 4 members (excludes halogenated alkanes) is 1. The van der Waals surface area contributed by atoms with Gasteiger partial charge in [0.2, 0.25) is 5.88 Å². The molecule has 0 spiro atoms. The van der Waals surface area contributed by atoms with Crippen molar-refractivity contribution in [3.05, 3.63) is 11.4 Å². The van der Waals surface area contributed by atoms with Crippen LogP contribution in [0, 0.1) is 6.92 Å². The Bertz CT molecular complexity index is 447. The first-order valence-corrected chi connectivity index (χ1v) is 8.09. The summed E-state index contributed by atoms with van der Waals surface area (Å²) in [5, 5.41) is 3.30. The molecule has 1 aromatic heterocycles. The monoisotopic (exact) mass is 293 g/mol. The van der Waals surface area contributed by atoms with Crippen molar-refractivity contribution in [1.29, 1.82) is 0 Å². The highest BCUT2D eigenvalue weighted by Crippen LogP contribution is 2.39. The molecule has 0 bridgehead atoms. The summed E-state index contributed by atoms with van der Waals surface area (Å²) in [5.41, 5.74) is 0.981. The summed E-state index contributed by atoms with van der Waals surface area (Å²) in [7, 11) is 0. The Hall–Kier alpha value is -1.36. The summed E-state index contributed by atoms with van der Waals surface area (Å²) in [6.07, 6.45) is 4.63. The predicted octanol–water partition coefficient (Wildman–Crippen LogP) is 3.29. The summed E-state index contributed by atoms with van der Waals surface area (Å²) in [5.74, 6) is 3.03. The van der Waals surface area contributed by atoms with E-state index in [0.717, 1.165) is 43.2 Å². The highest BCUT2D eigenvalue weighted by Gasteiger charge is 2.28. The van der Waals surface area contributed by atoms with E-state index in [1.165, 1.54) is 12.8 Å². The van der Waals surface area contributed by atoms with Crippen molar-refractivity contribution in [2.45, 2.75) is 52.4 Å². The van der Waals surface area contributed by atoms with E-state index in [0.29, 0.717) is 25.0 Å². The maximum absolute atomic E-state index is 5.81. The maximum Gasteiger partial charge on any atom is 0.221 e. The second kappa shape index (κ2) is 8.17. The van der Waals surface area contributed by atoms with E-state index in [-0.39, 0.29) is 0 Å². The quantitative estimate of drug-likeness (QED) is 0.671. The van der Waals surface area contributed by atoms with E-state index in [2.05, 4.69) is 29.1 Å². The van der Waals surface area contributed by atoms with Crippen LogP contribution >= 0.6 is 0 Å². The lowest BCUT2D eigenvalue weighted by Gasteiger charge is -2.14. The van der Waals surface area contributed by atoms with Crippen LogP contribution in [0.5, 0.6) is 5.88 Å². The standard InChI is InChI=1S/C16H27N3O2/c1-4-6-9-20-10-11-21-16-12(3)14(17-5-2)18-15(19-16)13-7-8-13/h13H,4-11H2,1-3H3,(H,17,18,19). The third-order valence-electron chi connectivity index (χ3n) is 3.51. The highest BCUT2D eigenvalue weighted by atomic mass is 16.5. The van der Waals surface area contributed by atoms with Crippen molar-refractivity contribution < 1.29 is 9.47 Å². The van der Waals surface area contributed by atoms with Crippen LogP contribution in [0.2, 0.25) is 0 Å². The van der Waals surface area contributed by atoms with Crippen molar-refractivity contribution in [1.82, 2.24) is 9.97 Å². The van der Waals surface area contributed by atoms with Gasteiger partial charge in [-0.15, -0.1) is 0 Å². The number of nitrogens with one attached hydrogen (secondary N) is 1. The van der Waals surface area contributed by atoms with Gasteiger partial charge in [-0.25, -0.2) is 4.98 Å². The average Bonchev–Trinajstić information content (AvgIpc) is 3.31. The minimum Gasteiger partial charge on any atom is -0.475 e. The molecule has 1 fully saturated rings. The first-order valence-electron chi connectivity index (χ1n) is 8.09. The zero-order valence-electron chi connectivity index (χ0n) is 13.4. The Morgan fingerprint density at radius 1 is 1.14 bits per heavy atom. The molecule has 118 valence electrons. The van der Waals surface area contributed by atoms with Gasteiger partial charge in [0.25, 0.3) is 0 Å². The minimum absolute atomic E-state index is 0.520.